The maximum atomic E-state index is 12.0. The molecule has 16 heavy (non-hydrogen) atoms. The first-order valence-corrected chi connectivity index (χ1v) is 5.64. The quantitative estimate of drug-likeness (QED) is 0.745. The van der Waals surface area contributed by atoms with E-state index in [1.54, 1.807) is 0 Å². The summed E-state index contributed by atoms with van der Waals surface area (Å²) in [6, 6.07) is 8.43. The Hall–Kier alpha value is -1.39. The van der Waals surface area contributed by atoms with E-state index in [0.29, 0.717) is 12.6 Å². The number of nitrogens with zero attached hydrogens (tertiary/aromatic N) is 1. The molecule has 4 nitrogen and oxygen atoms in total. The van der Waals surface area contributed by atoms with Gasteiger partial charge in [-0.2, -0.15) is 0 Å². The Morgan fingerprint density at radius 2 is 2.31 bits per heavy atom. The van der Waals surface area contributed by atoms with E-state index in [1.165, 1.54) is 0 Å². The van der Waals surface area contributed by atoms with Gasteiger partial charge < -0.3 is 16.0 Å². The van der Waals surface area contributed by atoms with E-state index in [9.17, 15) is 4.79 Å². The number of amides is 1. The van der Waals surface area contributed by atoms with Gasteiger partial charge in [-0.15, -0.1) is 0 Å². The molecule has 3 heterocycles. The van der Waals surface area contributed by atoms with Gasteiger partial charge in [0.15, 0.2) is 0 Å². The number of piperidine rings is 1. The molecule has 0 aliphatic carbocycles. The van der Waals surface area contributed by atoms with Crippen LogP contribution >= 0.6 is 0 Å². The molecule has 0 saturated carbocycles. The predicted molar refractivity (Wildman–Crippen MR) is 62.0 cm³/mol. The molecular weight excluding hydrogens is 202 g/mol. The smallest absolute Gasteiger partial charge is 0.244 e. The minimum absolute atomic E-state index is 0.0419. The van der Waals surface area contributed by atoms with Crippen LogP contribution in [0.4, 0.5) is 5.69 Å². The van der Waals surface area contributed by atoms with Crippen molar-refractivity contribution >= 4 is 11.6 Å². The minimum atomic E-state index is 0.0419. The van der Waals surface area contributed by atoms with E-state index in [4.69, 9.17) is 5.73 Å². The van der Waals surface area contributed by atoms with Crippen molar-refractivity contribution in [3.8, 4) is 0 Å². The normalized spacial score (nSPS) is 27.8. The number of fused-ring (bicyclic) bond motifs is 2. The van der Waals surface area contributed by atoms with Crippen molar-refractivity contribution < 1.29 is 4.79 Å². The van der Waals surface area contributed by atoms with E-state index in [0.717, 1.165) is 24.2 Å². The number of nitrogens with two attached hydrogens (primary N) is 1. The van der Waals surface area contributed by atoms with Crippen LogP contribution in [-0.4, -0.2) is 24.5 Å². The maximum absolute atomic E-state index is 12.0. The van der Waals surface area contributed by atoms with Crippen molar-refractivity contribution in [2.45, 2.75) is 25.0 Å². The fraction of sp³-hybridized carbons (Fsp3) is 0.417. The van der Waals surface area contributed by atoms with E-state index in [1.807, 2.05) is 29.2 Å². The number of piperazine rings is 1. The summed E-state index contributed by atoms with van der Waals surface area (Å²) in [5.41, 5.74) is 7.65. The van der Waals surface area contributed by atoms with Gasteiger partial charge in [-0.25, -0.2) is 0 Å². The molecule has 4 heteroatoms. The molecule has 3 aliphatic rings. The van der Waals surface area contributed by atoms with Gasteiger partial charge in [-0.1, -0.05) is 12.1 Å². The maximum Gasteiger partial charge on any atom is 0.244 e. The van der Waals surface area contributed by atoms with Crippen LogP contribution in [0.2, 0.25) is 0 Å². The second-order valence-corrected chi connectivity index (χ2v) is 4.47. The van der Waals surface area contributed by atoms with Crippen LogP contribution in [0.1, 0.15) is 12.0 Å². The lowest BCUT2D eigenvalue weighted by Gasteiger charge is -2.47. The van der Waals surface area contributed by atoms with E-state index in [-0.39, 0.29) is 11.9 Å². The predicted octanol–water partition coefficient (Wildman–Crippen LogP) is 0.222. The topological polar surface area (TPSA) is 58.4 Å². The molecule has 3 aliphatic heterocycles. The number of carbonyl (C=O) groups is 1. The monoisotopic (exact) mass is 217 g/mol. The van der Waals surface area contributed by atoms with Crippen molar-refractivity contribution in [2.24, 2.45) is 5.73 Å². The molecule has 1 aromatic carbocycles. The molecule has 0 aromatic heterocycles. The van der Waals surface area contributed by atoms with Crippen LogP contribution in [0, 0.1) is 0 Å². The number of anilines is 1. The second-order valence-electron chi connectivity index (χ2n) is 4.47. The first-order valence-electron chi connectivity index (χ1n) is 5.64. The third kappa shape index (κ3) is 1.42. The zero-order valence-electron chi connectivity index (χ0n) is 9.02. The van der Waals surface area contributed by atoms with Gasteiger partial charge in [0.05, 0.1) is 6.04 Å². The molecule has 84 valence electrons. The van der Waals surface area contributed by atoms with Crippen LogP contribution in [0.3, 0.4) is 0 Å². The summed E-state index contributed by atoms with van der Waals surface area (Å²) < 4.78 is 0. The second kappa shape index (κ2) is 3.57. The van der Waals surface area contributed by atoms with Crippen molar-refractivity contribution in [2.75, 3.05) is 11.4 Å². The summed E-state index contributed by atoms with van der Waals surface area (Å²) in [6.45, 7) is 1.30. The van der Waals surface area contributed by atoms with Crippen molar-refractivity contribution in [3.63, 3.8) is 0 Å². The summed E-state index contributed by atoms with van der Waals surface area (Å²) in [4.78, 5) is 13.9. The van der Waals surface area contributed by atoms with Gasteiger partial charge >= 0.3 is 0 Å². The van der Waals surface area contributed by atoms with Crippen LogP contribution in [-0.2, 0) is 11.3 Å². The minimum Gasteiger partial charge on any atom is -0.326 e. The molecule has 0 radical (unpaired) electrons. The number of rotatable bonds is 2. The third-order valence-corrected chi connectivity index (χ3v) is 3.38. The molecule has 1 amide bonds. The molecular formula is C12H15N3O. The molecule has 0 spiro atoms. The Morgan fingerprint density at radius 3 is 3.00 bits per heavy atom. The molecule has 2 atom stereocenters. The van der Waals surface area contributed by atoms with Crippen LogP contribution < -0.4 is 16.0 Å². The highest BCUT2D eigenvalue weighted by Gasteiger charge is 2.43. The molecule has 3 saturated heterocycles. The van der Waals surface area contributed by atoms with Crippen molar-refractivity contribution in [1.82, 2.24) is 5.32 Å². The lowest BCUT2D eigenvalue weighted by molar-refractivity contribution is -0.125. The number of nitrogens with one attached hydrogen (secondary N) is 1. The highest BCUT2D eigenvalue weighted by Crippen LogP contribution is 2.27. The van der Waals surface area contributed by atoms with Crippen LogP contribution in [0.5, 0.6) is 0 Å². The summed E-state index contributed by atoms with van der Waals surface area (Å²) in [5, 5.41) is 3.24. The Bertz CT molecular complexity index is 426. The summed E-state index contributed by atoms with van der Waals surface area (Å²) in [7, 11) is 0. The summed E-state index contributed by atoms with van der Waals surface area (Å²) >= 11 is 0. The number of hydrogen-bond acceptors (Lipinski definition) is 3. The molecule has 2 unspecified atom stereocenters. The number of hydrogen-bond donors (Lipinski definition) is 2. The van der Waals surface area contributed by atoms with Gasteiger partial charge in [0.25, 0.3) is 0 Å². The fourth-order valence-corrected chi connectivity index (χ4v) is 2.43. The Balaban J connectivity index is 1.88. The van der Waals surface area contributed by atoms with E-state index >= 15 is 0 Å². The van der Waals surface area contributed by atoms with Gasteiger partial charge in [-0.3, -0.25) is 4.79 Å². The standard InChI is InChI=1S/C12H15N3O/c13-6-8-2-1-3-10(4-8)15-7-9-5-11(14-9)12(15)16/h1-4,9,11,14H,5-7,13H2. The largest absolute Gasteiger partial charge is 0.326 e. The number of benzene rings is 1. The summed E-state index contributed by atoms with van der Waals surface area (Å²) in [6.07, 6.45) is 0.992. The highest BCUT2D eigenvalue weighted by molar-refractivity contribution is 5.99. The Labute approximate surface area is 94.4 Å². The van der Waals surface area contributed by atoms with Crippen molar-refractivity contribution in [3.05, 3.63) is 29.8 Å². The molecule has 2 bridgehead atoms. The molecule has 3 fully saturated rings. The zero-order chi connectivity index (χ0) is 11.1. The molecule has 3 N–H and O–H groups in total. The Morgan fingerprint density at radius 1 is 1.50 bits per heavy atom. The average molecular weight is 217 g/mol. The first kappa shape index (κ1) is 9.81. The van der Waals surface area contributed by atoms with E-state index < -0.39 is 0 Å². The molecule has 4 rings (SSSR count). The van der Waals surface area contributed by atoms with E-state index in [2.05, 4.69) is 5.32 Å². The third-order valence-electron chi connectivity index (χ3n) is 3.38. The van der Waals surface area contributed by atoms with Crippen molar-refractivity contribution in [1.29, 1.82) is 0 Å². The highest BCUT2D eigenvalue weighted by atomic mass is 16.2. The van der Waals surface area contributed by atoms with Crippen LogP contribution in [0.25, 0.3) is 0 Å². The van der Waals surface area contributed by atoms with Crippen LogP contribution in [0.15, 0.2) is 24.3 Å². The SMILES string of the molecule is NCc1cccc(N2CC3CC(N3)C2=O)c1. The van der Waals surface area contributed by atoms with Gasteiger partial charge in [0.1, 0.15) is 0 Å². The average Bonchev–Trinajstić information content (AvgIpc) is 2.28. The van der Waals surface area contributed by atoms with Gasteiger partial charge in [0, 0.05) is 24.8 Å². The fourth-order valence-electron chi connectivity index (χ4n) is 2.43. The van der Waals surface area contributed by atoms with Gasteiger partial charge in [-0.05, 0) is 24.1 Å². The van der Waals surface area contributed by atoms with Gasteiger partial charge in [0.2, 0.25) is 5.91 Å². The lowest BCUT2D eigenvalue weighted by atomic mass is 9.90. The first-order chi connectivity index (χ1) is 7.78. The Kier molecular flexibility index (Phi) is 2.19. The number of carbonyl (C=O) groups excluding carboxylic acids is 1. The zero-order valence-corrected chi connectivity index (χ0v) is 9.02. The lowest BCUT2D eigenvalue weighted by Crippen LogP contribution is -2.70. The summed E-state index contributed by atoms with van der Waals surface area (Å²) in [5.74, 6) is 0.191. The molecule has 1 aromatic rings.